The first-order chi connectivity index (χ1) is 16.3. The highest BCUT2D eigenvalue weighted by molar-refractivity contribution is 6.30. The predicted molar refractivity (Wildman–Crippen MR) is 132 cm³/mol. The zero-order valence-electron chi connectivity index (χ0n) is 18.8. The normalized spacial score (nSPS) is 10.8. The lowest BCUT2D eigenvalue weighted by atomic mass is 10.2. The Morgan fingerprint density at radius 1 is 0.971 bits per heavy atom. The maximum absolute atomic E-state index is 13.6. The van der Waals surface area contributed by atoms with Crippen LogP contribution in [0.5, 0.6) is 11.5 Å². The second-order valence-corrected chi connectivity index (χ2v) is 8.01. The number of amides is 1. The minimum absolute atomic E-state index is 0.181. The SMILES string of the molecule is COc1cc2c(=O)n(-c3cccc(Cl)c3)c(=O)n(CC(=O)Nc3ccccc3C)c2cc1OC. The highest BCUT2D eigenvalue weighted by Crippen LogP contribution is 2.30. The fraction of sp³-hybridized carbons (Fsp3) is 0.160. The molecule has 3 aromatic carbocycles. The van der Waals surface area contributed by atoms with Crippen molar-refractivity contribution in [3.05, 3.63) is 92.1 Å². The van der Waals surface area contributed by atoms with Gasteiger partial charge in [-0.2, -0.15) is 0 Å². The van der Waals surface area contributed by atoms with Crippen molar-refractivity contribution in [2.45, 2.75) is 13.5 Å². The predicted octanol–water partition coefficient (Wildman–Crippen LogP) is 3.77. The number of fused-ring (bicyclic) bond motifs is 1. The minimum Gasteiger partial charge on any atom is -0.493 e. The van der Waals surface area contributed by atoms with E-state index in [1.54, 1.807) is 30.3 Å². The van der Waals surface area contributed by atoms with Crippen molar-refractivity contribution in [2.24, 2.45) is 0 Å². The summed E-state index contributed by atoms with van der Waals surface area (Å²) in [5.41, 5.74) is 0.777. The standard InChI is InChI=1S/C25H22ClN3O5/c1-15-7-4-5-10-19(15)27-23(30)14-28-20-13-22(34-3)21(33-2)12-18(20)24(31)29(25(28)32)17-9-6-8-16(26)11-17/h4-13H,14H2,1-3H3,(H,27,30). The van der Waals surface area contributed by atoms with Crippen LogP contribution in [0.25, 0.3) is 16.6 Å². The van der Waals surface area contributed by atoms with Crippen LogP contribution in [-0.4, -0.2) is 29.3 Å². The van der Waals surface area contributed by atoms with Gasteiger partial charge in [-0.1, -0.05) is 35.9 Å². The van der Waals surface area contributed by atoms with Crippen molar-refractivity contribution in [2.75, 3.05) is 19.5 Å². The summed E-state index contributed by atoms with van der Waals surface area (Å²) >= 11 is 6.11. The summed E-state index contributed by atoms with van der Waals surface area (Å²) in [4.78, 5) is 39.9. The molecule has 174 valence electrons. The Balaban J connectivity index is 1.94. The van der Waals surface area contributed by atoms with Gasteiger partial charge in [0.1, 0.15) is 6.54 Å². The number of carbonyl (C=O) groups is 1. The zero-order chi connectivity index (χ0) is 24.4. The smallest absolute Gasteiger partial charge is 0.336 e. The molecule has 0 saturated carbocycles. The third-order valence-corrected chi connectivity index (χ3v) is 5.67. The number of nitrogens with one attached hydrogen (secondary N) is 1. The Hall–Kier alpha value is -4.04. The van der Waals surface area contributed by atoms with Crippen molar-refractivity contribution in [1.29, 1.82) is 0 Å². The number of carbonyl (C=O) groups excluding carboxylic acids is 1. The summed E-state index contributed by atoms with van der Waals surface area (Å²) in [6.07, 6.45) is 0. The van der Waals surface area contributed by atoms with Crippen LogP contribution >= 0.6 is 11.6 Å². The lowest BCUT2D eigenvalue weighted by molar-refractivity contribution is -0.116. The van der Waals surface area contributed by atoms with Crippen molar-refractivity contribution in [3.8, 4) is 17.2 Å². The van der Waals surface area contributed by atoms with Gasteiger partial charge in [0.2, 0.25) is 5.91 Å². The van der Waals surface area contributed by atoms with Crippen molar-refractivity contribution < 1.29 is 14.3 Å². The first-order valence-corrected chi connectivity index (χ1v) is 10.7. The molecule has 34 heavy (non-hydrogen) atoms. The minimum atomic E-state index is -0.688. The van der Waals surface area contributed by atoms with E-state index in [-0.39, 0.29) is 23.1 Å². The van der Waals surface area contributed by atoms with E-state index in [0.29, 0.717) is 22.2 Å². The number of aryl methyl sites for hydroxylation is 1. The molecule has 0 aliphatic carbocycles. The summed E-state index contributed by atoms with van der Waals surface area (Å²) in [6, 6.07) is 16.7. The molecule has 0 unspecified atom stereocenters. The van der Waals surface area contributed by atoms with Crippen LogP contribution < -0.4 is 26.0 Å². The number of hydrogen-bond acceptors (Lipinski definition) is 5. The summed E-state index contributed by atoms with van der Waals surface area (Å²) < 4.78 is 12.9. The lowest BCUT2D eigenvalue weighted by Crippen LogP contribution is -2.40. The summed E-state index contributed by atoms with van der Waals surface area (Å²) in [6.45, 7) is 1.54. The number of aromatic nitrogens is 2. The van der Waals surface area contributed by atoms with E-state index in [1.165, 1.54) is 37.0 Å². The number of nitrogens with zero attached hydrogens (tertiary/aromatic N) is 2. The third-order valence-electron chi connectivity index (χ3n) is 5.44. The molecular formula is C25H22ClN3O5. The van der Waals surface area contributed by atoms with E-state index in [4.69, 9.17) is 21.1 Å². The molecule has 0 aliphatic heterocycles. The average molecular weight is 480 g/mol. The van der Waals surface area contributed by atoms with Gasteiger partial charge in [-0.25, -0.2) is 9.36 Å². The molecule has 1 amide bonds. The number of para-hydroxylation sites is 1. The lowest BCUT2D eigenvalue weighted by Gasteiger charge is -2.17. The number of ether oxygens (including phenoxy) is 2. The molecule has 4 aromatic rings. The Kier molecular flexibility index (Phi) is 6.43. The summed E-state index contributed by atoms with van der Waals surface area (Å²) in [5, 5.41) is 3.36. The third kappa shape index (κ3) is 4.27. The number of hydrogen-bond donors (Lipinski definition) is 1. The van der Waals surface area contributed by atoms with Crippen LogP contribution in [-0.2, 0) is 11.3 Å². The molecular weight excluding hydrogens is 458 g/mol. The molecule has 1 heterocycles. The quantitative estimate of drug-likeness (QED) is 0.454. The van der Waals surface area contributed by atoms with Gasteiger partial charge in [-0.15, -0.1) is 0 Å². The topological polar surface area (TPSA) is 91.6 Å². The van der Waals surface area contributed by atoms with Gasteiger partial charge < -0.3 is 14.8 Å². The van der Waals surface area contributed by atoms with E-state index in [1.807, 2.05) is 19.1 Å². The van der Waals surface area contributed by atoms with E-state index < -0.39 is 17.2 Å². The second-order valence-electron chi connectivity index (χ2n) is 7.58. The summed E-state index contributed by atoms with van der Waals surface area (Å²) in [5.74, 6) is 0.213. The monoisotopic (exact) mass is 479 g/mol. The Morgan fingerprint density at radius 2 is 1.68 bits per heavy atom. The maximum atomic E-state index is 13.6. The highest BCUT2D eigenvalue weighted by Gasteiger charge is 2.20. The first kappa shape index (κ1) is 23.1. The van der Waals surface area contributed by atoms with E-state index in [0.717, 1.165) is 10.1 Å². The fourth-order valence-electron chi connectivity index (χ4n) is 3.74. The van der Waals surface area contributed by atoms with Gasteiger partial charge in [0.05, 0.1) is 30.8 Å². The Bertz CT molecular complexity index is 1520. The van der Waals surface area contributed by atoms with Gasteiger partial charge in [0.15, 0.2) is 11.5 Å². The fourth-order valence-corrected chi connectivity index (χ4v) is 3.92. The molecule has 1 N–H and O–H groups in total. The van der Waals surface area contributed by atoms with Crippen LogP contribution in [0.2, 0.25) is 5.02 Å². The molecule has 0 atom stereocenters. The van der Waals surface area contributed by atoms with Crippen LogP contribution in [0.3, 0.4) is 0 Å². The van der Waals surface area contributed by atoms with Crippen molar-refractivity contribution in [3.63, 3.8) is 0 Å². The molecule has 0 aliphatic rings. The number of methoxy groups -OCH3 is 2. The molecule has 4 rings (SSSR count). The van der Waals surface area contributed by atoms with Gasteiger partial charge in [-0.05, 0) is 42.8 Å². The van der Waals surface area contributed by atoms with Gasteiger partial charge in [0, 0.05) is 16.8 Å². The van der Waals surface area contributed by atoms with Crippen LogP contribution in [0.4, 0.5) is 5.69 Å². The molecule has 0 fully saturated rings. The van der Waals surface area contributed by atoms with Crippen LogP contribution in [0.1, 0.15) is 5.56 Å². The number of benzene rings is 3. The van der Waals surface area contributed by atoms with E-state index in [2.05, 4.69) is 5.32 Å². The molecule has 9 heteroatoms. The second kappa shape index (κ2) is 9.44. The van der Waals surface area contributed by atoms with Gasteiger partial charge in [-0.3, -0.25) is 14.2 Å². The number of halogens is 1. The molecule has 1 aromatic heterocycles. The van der Waals surface area contributed by atoms with Crippen LogP contribution in [0.15, 0.2) is 70.3 Å². The molecule has 0 bridgehead atoms. The maximum Gasteiger partial charge on any atom is 0.336 e. The molecule has 0 saturated heterocycles. The van der Waals surface area contributed by atoms with Gasteiger partial charge >= 0.3 is 5.69 Å². The van der Waals surface area contributed by atoms with Crippen molar-refractivity contribution in [1.82, 2.24) is 9.13 Å². The molecule has 0 radical (unpaired) electrons. The van der Waals surface area contributed by atoms with E-state index in [9.17, 15) is 14.4 Å². The molecule has 8 nitrogen and oxygen atoms in total. The average Bonchev–Trinajstić information content (AvgIpc) is 2.82. The first-order valence-electron chi connectivity index (χ1n) is 10.4. The Morgan fingerprint density at radius 3 is 2.35 bits per heavy atom. The van der Waals surface area contributed by atoms with E-state index >= 15 is 0 Å². The highest BCUT2D eigenvalue weighted by atomic mass is 35.5. The van der Waals surface area contributed by atoms with Gasteiger partial charge in [0.25, 0.3) is 5.56 Å². The number of anilines is 1. The summed E-state index contributed by atoms with van der Waals surface area (Å²) in [7, 11) is 2.90. The Labute approximate surface area is 199 Å². The van der Waals surface area contributed by atoms with Crippen molar-refractivity contribution >= 4 is 34.1 Å². The van der Waals surface area contributed by atoms with Crippen LogP contribution in [0, 0.1) is 6.92 Å². The molecule has 0 spiro atoms. The zero-order valence-corrected chi connectivity index (χ0v) is 19.6. The largest absolute Gasteiger partial charge is 0.493 e. The number of rotatable bonds is 6.